The van der Waals surface area contributed by atoms with Crippen LogP contribution in [0.1, 0.15) is 45.4 Å². The smallest absolute Gasteiger partial charge is 0.237 e. The summed E-state index contributed by atoms with van der Waals surface area (Å²) in [7, 11) is 0. The van der Waals surface area contributed by atoms with Crippen LogP contribution in [0.15, 0.2) is 24.3 Å². The van der Waals surface area contributed by atoms with Gasteiger partial charge in [0.25, 0.3) is 0 Å². The number of benzene rings is 1. The average molecular weight is 385 g/mol. The summed E-state index contributed by atoms with van der Waals surface area (Å²) in [5.74, 6) is 5.11. The van der Waals surface area contributed by atoms with E-state index in [1.807, 2.05) is 31.2 Å². The van der Waals surface area contributed by atoms with Crippen molar-refractivity contribution < 1.29 is 14.3 Å². The molecule has 5 heteroatoms. The molecule has 28 heavy (non-hydrogen) atoms. The number of ether oxygens (including phenoxy) is 2. The molecule has 1 aliphatic heterocycles. The number of hydrogen-bond donors (Lipinski definition) is 2. The van der Waals surface area contributed by atoms with E-state index in [1.165, 1.54) is 32.1 Å². The molecule has 6 rings (SSSR count). The van der Waals surface area contributed by atoms with E-state index in [0.717, 1.165) is 41.6 Å². The molecular weight excluding hydrogens is 352 g/mol. The highest BCUT2D eigenvalue weighted by molar-refractivity contribution is 5.82. The fraction of sp³-hybridized carbons (Fsp3) is 0.696. The van der Waals surface area contributed by atoms with Crippen LogP contribution >= 0.6 is 0 Å². The largest absolute Gasteiger partial charge is 0.494 e. The van der Waals surface area contributed by atoms with Crippen LogP contribution in [0.25, 0.3) is 0 Å². The molecule has 0 aromatic heterocycles. The predicted molar refractivity (Wildman–Crippen MR) is 107 cm³/mol. The molecule has 4 bridgehead atoms. The predicted octanol–water partition coefficient (Wildman–Crippen LogP) is 3.14. The van der Waals surface area contributed by atoms with Crippen LogP contribution in [0, 0.1) is 23.7 Å². The summed E-state index contributed by atoms with van der Waals surface area (Å²) in [6, 6.07) is 8.02. The second kappa shape index (κ2) is 7.58. The van der Waals surface area contributed by atoms with Gasteiger partial charge in [0.15, 0.2) is 0 Å². The van der Waals surface area contributed by atoms with Crippen molar-refractivity contribution in [1.29, 1.82) is 0 Å². The van der Waals surface area contributed by atoms with Crippen molar-refractivity contribution in [1.82, 2.24) is 10.6 Å². The Kier molecular flexibility index (Phi) is 4.95. The lowest BCUT2D eigenvalue weighted by atomic mass is 9.54. The van der Waals surface area contributed by atoms with Gasteiger partial charge in [0.2, 0.25) is 5.91 Å². The van der Waals surface area contributed by atoms with E-state index in [2.05, 4.69) is 10.6 Å². The molecule has 0 spiro atoms. The van der Waals surface area contributed by atoms with Crippen molar-refractivity contribution in [2.45, 2.75) is 63.6 Å². The quantitative estimate of drug-likeness (QED) is 0.791. The third-order valence-corrected chi connectivity index (χ3v) is 7.36. The van der Waals surface area contributed by atoms with Crippen molar-refractivity contribution in [3.8, 4) is 11.5 Å². The molecule has 0 unspecified atom stereocenters. The van der Waals surface area contributed by atoms with E-state index in [0.29, 0.717) is 19.2 Å². The van der Waals surface area contributed by atoms with Crippen LogP contribution in [0.2, 0.25) is 0 Å². The molecule has 1 aromatic rings. The maximum Gasteiger partial charge on any atom is 0.237 e. The topological polar surface area (TPSA) is 59.6 Å². The van der Waals surface area contributed by atoms with Crippen LogP contribution < -0.4 is 20.1 Å². The van der Waals surface area contributed by atoms with Gasteiger partial charge in [0.1, 0.15) is 17.6 Å². The number of nitrogens with one attached hydrogen (secondary N) is 2. The van der Waals surface area contributed by atoms with Gasteiger partial charge in [0.05, 0.1) is 12.6 Å². The van der Waals surface area contributed by atoms with E-state index >= 15 is 0 Å². The van der Waals surface area contributed by atoms with Crippen LogP contribution in [0.3, 0.4) is 0 Å². The molecule has 1 saturated heterocycles. The summed E-state index contributed by atoms with van der Waals surface area (Å²) in [6.45, 7) is 3.32. The Balaban J connectivity index is 1.15. The van der Waals surface area contributed by atoms with Gasteiger partial charge in [-0.2, -0.15) is 0 Å². The van der Waals surface area contributed by atoms with E-state index in [9.17, 15) is 4.79 Å². The van der Waals surface area contributed by atoms with Crippen LogP contribution in [-0.2, 0) is 4.79 Å². The first kappa shape index (κ1) is 18.3. The summed E-state index contributed by atoms with van der Waals surface area (Å²) in [4.78, 5) is 12.9. The van der Waals surface area contributed by atoms with Crippen molar-refractivity contribution in [2.24, 2.45) is 23.7 Å². The Morgan fingerprint density at radius 1 is 1.07 bits per heavy atom. The average Bonchev–Trinajstić information content (AvgIpc) is 3.13. The number of carbonyl (C=O) groups excluding carboxylic acids is 1. The first-order valence-electron chi connectivity index (χ1n) is 11.1. The molecule has 5 nitrogen and oxygen atoms in total. The van der Waals surface area contributed by atoms with E-state index in [4.69, 9.17) is 9.47 Å². The number of hydrogen-bond acceptors (Lipinski definition) is 4. The van der Waals surface area contributed by atoms with Gasteiger partial charge in [0, 0.05) is 25.1 Å². The van der Waals surface area contributed by atoms with Crippen LogP contribution in [-0.4, -0.2) is 37.2 Å². The third-order valence-electron chi connectivity index (χ3n) is 7.36. The molecule has 2 atom stereocenters. The molecule has 4 aliphatic carbocycles. The first-order valence-corrected chi connectivity index (χ1v) is 11.1. The number of rotatable bonds is 6. The zero-order valence-corrected chi connectivity index (χ0v) is 16.7. The molecule has 5 aliphatic rings. The maximum atomic E-state index is 12.9. The maximum absolute atomic E-state index is 12.9. The van der Waals surface area contributed by atoms with Gasteiger partial charge in [-0.15, -0.1) is 0 Å². The molecule has 4 saturated carbocycles. The highest BCUT2D eigenvalue weighted by atomic mass is 16.5. The Bertz CT molecular complexity index is 694. The van der Waals surface area contributed by atoms with Crippen molar-refractivity contribution in [3.63, 3.8) is 0 Å². The Morgan fingerprint density at radius 2 is 1.79 bits per heavy atom. The fourth-order valence-electron chi connectivity index (χ4n) is 6.41. The fourth-order valence-corrected chi connectivity index (χ4v) is 6.41. The zero-order valence-electron chi connectivity index (χ0n) is 16.7. The lowest BCUT2D eigenvalue weighted by Gasteiger charge is -2.54. The van der Waals surface area contributed by atoms with Crippen LogP contribution in [0.5, 0.6) is 11.5 Å². The Hall–Kier alpha value is -1.75. The summed E-state index contributed by atoms with van der Waals surface area (Å²) < 4.78 is 11.6. The van der Waals surface area contributed by atoms with Gasteiger partial charge < -0.3 is 20.1 Å². The van der Waals surface area contributed by atoms with Crippen molar-refractivity contribution in [2.75, 3.05) is 13.2 Å². The molecule has 152 valence electrons. The molecule has 1 heterocycles. The summed E-state index contributed by atoms with van der Waals surface area (Å²) in [5, 5.41) is 6.81. The second-order valence-electron chi connectivity index (χ2n) is 9.31. The number of amides is 1. The zero-order chi connectivity index (χ0) is 19.1. The minimum atomic E-state index is -0.141. The van der Waals surface area contributed by atoms with Gasteiger partial charge in [-0.05, 0) is 74.8 Å². The molecule has 1 aromatic carbocycles. The first-order chi connectivity index (χ1) is 13.7. The third kappa shape index (κ3) is 3.61. The molecule has 0 radical (unpaired) electrons. The summed E-state index contributed by atoms with van der Waals surface area (Å²) in [5.41, 5.74) is 0. The minimum absolute atomic E-state index is 0.0196. The van der Waals surface area contributed by atoms with Gasteiger partial charge in [-0.1, -0.05) is 6.07 Å². The molecule has 1 amide bonds. The SMILES string of the molecule is CCOc1cccc(O[C@@H]2CN[C@H](C(=O)NC3C4CC5CC(C4)CC3C5)C2)c1. The monoisotopic (exact) mass is 384 g/mol. The van der Waals surface area contributed by atoms with Gasteiger partial charge in [-0.3, -0.25) is 4.79 Å². The normalized spacial score (nSPS) is 38.4. The molecule has 5 fully saturated rings. The highest BCUT2D eigenvalue weighted by Crippen LogP contribution is 2.53. The van der Waals surface area contributed by atoms with E-state index in [1.54, 1.807) is 0 Å². The van der Waals surface area contributed by atoms with Crippen molar-refractivity contribution >= 4 is 5.91 Å². The Morgan fingerprint density at radius 3 is 2.50 bits per heavy atom. The second-order valence-corrected chi connectivity index (χ2v) is 9.31. The summed E-state index contributed by atoms with van der Waals surface area (Å²) in [6.07, 6.45) is 7.51. The molecular formula is C23H32N2O3. The standard InChI is InChI=1S/C23H32N2O3/c1-2-27-18-4-3-5-19(11-18)28-20-12-21(24-13-20)23(26)25-22-16-7-14-6-15(9-16)10-17(22)8-14/h3-5,11,14-17,20-22,24H,2,6-10,12-13H2,1H3,(H,25,26)/t14?,15?,16?,17?,20-,21-,22?/m0/s1. The summed E-state index contributed by atoms with van der Waals surface area (Å²) >= 11 is 0. The highest BCUT2D eigenvalue weighted by Gasteiger charge is 2.49. The lowest BCUT2D eigenvalue weighted by molar-refractivity contribution is -0.126. The van der Waals surface area contributed by atoms with E-state index < -0.39 is 0 Å². The van der Waals surface area contributed by atoms with E-state index in [-0.39, 0.29) is 18.1 Å². The number of carbonyl (C=O) groups is 1. The Labute approximate surface area is 167 Å². The van der Waals surface area contributed by atoms with Gasteiger partial charge in [-0.25, -0.2) is 0 Å². The lowest BCUT2D eigenvalue weighted by Crippen LogP contribution is -2.58. The van der Waals surface area contributed by atoms with Crippen LogP contribution in [0.4, 0.5) is 0 Å². The van der Waals surface area contributed by atoms with Crippen molar-refractivity contribution in [3.05, 3.63) is 24.3 Å². The van der Waals surface area contributed by atoms with Gasteiger partial charge >= 0.3 is 0 Å². The minimum Gasteiger partial charge on any atom is -0.494 e. The molecule has 2 N–H and O–H groups in total.